The maximum atomic E-state index is 11.8. The van der Waals surface area contributed by atoms with Gasteiger partial charge in [0.25, 0.3) is 0 Å². The minimum Gasteiger partial charge on any atom is -0.466 e. The van der Waals surface area contributed by atoms with Gasteiger partial charge in [-0.15, -0.1) is 0 Å². The van der Waals surface area contributed by atoms with E-state index < -0.39 is 0 Å². The highest BCUT2D eigenvalue weighted by molar-refractivity contribution is 5.69. The molecule has 0 N–H and O–H groups in total. The Hall–Kier alpha value is -1.05. The molecule has 0 atom stereocenters. The maximum absolute atomic E-state index is 11.8. The standard InChI is InChI=1S/C31H58O2/c1-3-5-7-9-11-13-15-16-17-18-19-21-23-25-27-29-31(32)33-30-28-26-24-22-20-14-12-10-8-6-4-2/h11,13,16-17H,3-10,12,14-15,18-30H2,1-2H3/b13-11-,17-16-. The molecule has 0 amide bonds. The van der Waals surface area contributed by atoms with Crippen LogP contribution in [0, 0.1) is 0 Å². The summed E-state index contributed by atoms with van der Waals surface area (Å²) in [5.74, 6) is 0.00719. The third-order valence-electron chi connectivity index (χ3n) is 6.34. The van der Waals surface area contributed by atoms with Crippen LogP contribution in [-0.4, -0.2) is 12.6 Å². The van der Waals surface area contributed by atoms with Crippen LogP contribution < -0.4 is 0 Å². The van der Waals surface area contributed by atoms with Gasteiger partial charge in [0.2, 0.25) is 0 Å². The molecule has 0 bridgehead atoms. The smallest absolute Gasteiger partial charge is 0.305 e. The molecule has 0 unspecified atom stereocenters. The van der Waals surface area contributed by atoms with Crippen LogP contribution in [0.4, 0.5) is 0 Å². The van der Waals surface area contributed by atoms with Crippen molar-refractivity contribution in [2.45, 2.75) is 162 Å². The summed E-state index contributed by atoms with van der Waals surface area (Å²) in [4.78, 5) is 11.8. The van der Waals surface area contributed by atoms with Crippen LogP contribution in [0.1, 0.15) is 162 Å². The van der Waals surface area contributed by atoms with Crippen molar-refractivity contribution in [3.8, 4) is 0 Å². The van der Waals surface area contributed by atoms with Gasteiger partial charge < -0.3 is 4.74 Å². The number of hydrogen-bond donors (Lipinski definition) is 0. The lowest BCUT2D eigenvalue weighted by Crippen LogP contribution is -2.05. The Kier molecular flexibility index (Phi) is 28.1. The highest BCUT2D eigenvalue weighted by Gasteiger charge is 2.02. The van der Waals surface area contributed by atoms with Crippen molar-refractivity contribution >= 4 is 5.97 Å². The normalized spacial score (nSPS) is 11.7. The van der Waals surface area contributed by atoms with Crippen molar-refractivity contribution in [3.63, 3.8) is 0 Å². The van der Waals surface area contributed by atoms with E-state index >= 15 is 0 Å². The largest absolute Gasteiger partial charge is 0.466 e. The number of allylic oxidation sites excluding steroid dienone is 4. The van der Waals surface area contributed by atoms with Crippen LogP contribution in [0.5, 0.6) is 0 Å². The number of carbonyl (C=O) groups is 1. The molecule has 0 radical (unpaired) electrons. The molecule has 0 aliphatic carbocycles. The molecule has 0 spiro atoms. The van der Waals surface area contributed by atoms with Gasteiger partial charge in [-0.05, 0) is 44.9 Å². The molecule has 0 aliphatic heterocycles. The Morgan fingerprint density at radius 2 is 0.939 bits per heavy atom. The third-order valence-corrected chi connectivity index (χ3v) is 6.34. The van der Waals surface area contributed by atoms with Gasteiger partial charge in [-0.25, -0.2) is 0 Å². The first-order valence-corrected chi connectivity index (χ1v) is 14.8. The molecule has 0 heterocycles. The van der Waals surface area contributed by atoms with Crippen molar-refractivity contribution in [1.29, 1.82) is 0 Å². The van der Waals surface area contributed by atoms with Crippen LogP contribution >= 0.6 is 0 Å². The van der Waals surface area contributed by atoms with Gasteiger partial charge in [0.1, 0.15) is 0 Å². The van der Waals surface area contributed by atoms with Gasteiger partial charge in [-0.3, -0.25) is 4.79 Å². The summed E-state index contributed by atoms with van der Waals surface area (Å²) in [5.41, 5.74) is 0. The summed E-state index contributed by atoms with van der Waals surface area (Å²) in [5, 5.41) is 0. The molecule has 0 saturated heterocycles. The lowest BCUT2D eigenvalue weighted by Gasteiger charge is -2.05. The average Bonchev–Trinajstić information content (AvgIpc) is 2.82. The predicted molar refractivity (Wildman–Crippen MR) is 147 cm³/mol. The third kappa shape index (κ3) is 28.9. The molecule has 194 valence electrons. The van der Waals surface area contributed by atoms with Crippen LogP contribution in [0.3, 0.4) is 0 Å². The van der Waals surface area contributed by atoms with Crippen molar-refractivity contribution in [2.24, 2.45) is 0 Å². The van der Waals surface area contributed by atoms with Crippen molar-refractivity contribution in [2.75, 3.05) is 6.61 Å². The maximum Gasteiger partial charge on any atom is 0.305 e. The second kappa shape index (κ2) is 29.0. The van der Waals surface area contributed by atoms with Crippen LogP contribution in [-0.2, 0) is 9.53 Å². The van der Waals surface area contributed by atoms with Crippen molar-refractivity contribution < 1.29 is 9.53 Å². The molecular formula is C31H58O2. The number of hydrogen-bond acceptors (Lipinski definition) is 2. The molecule has 0 aromatic rings. The van der Waals surface area contributed by atoms with E-state index in [9.17, 15) is 4.79 Å². The van der Waals surface area contributed by atoms with Gasteiger partial charge in [0, 0.05) is 6.42 Å². The number of esters is 1. The zero-order valence-electron chi connectivity index (χ0n) is 22.6. The zero-order valence-corrected chi connectivity index (χ0v) is 22.6. The molecular weight excluding hydrogens is 404 g/mol. The molecule has 0 aliphatic rings. The van der Waals surface area contributed by atoms with Gasteiger partial charge in [-0.1, -0.05) is 134 Å². The lowest BCUT2D eigenvalue weighted by molar-refractivity contribution is -0.143. The summed E-state index contributed by atoms with van der Waals surface area (Å²) >= 11 is 0. The fourth-order valence-corrected chi connectivity index (χ4v) is 4.11. The van der Waals surface area contributed by atoms with E-state index in [1.54, 1.807) is 0 Å². The second-order valence-electron chi connectivity index (χ2n) is 9.74. The monoisotopic (exact) mass is 462 g/mol. The topological polar surface area (TPSA) is 26.3 Å². The van der Waals surface area contributed by atoms with Gasteiger partial charge in [-0.2, -0.15) is 0 Å². The molecule has 0 fully saturated rings. The summed E-state index contributed by atoms with van der Waals surface area (Å²) in [6.07, 6.45) is 37.8. The number of carbonyl (C=O) groups excluding carboxylic acids is 1. The molecule has 2 heteroatoms. The summed E-state index contributed by atoms with van der Waals surface area (Å²) in [6, 6.07) is 0. The van der Waals surface area contributed by atoms with E-state index in [2.05, 4.69) is 38.2 Å². The molecule has 0 aromatic heterocycles. The van der Waals surface area contributed by atoms with Crippen LogP contribution in [0.2, 0.25) is 0 Å². The number of unbranched alkanes of at least 4 members (excludes halogenated alkanes) is 18. The van der Waals surface area contributed by atoms with Crippen molar-refractivity contribution in [3.05, 3.63) is 24.3 Å². The van der Waals surface area contributed by atoms with E-state index in [0.29, 0.717) is 13.0 Å². The fourth-order valence-electron chi connectivity index (χ4n) is 4.11. The lowest BCUT2D eigenvalue weighted by atomic mass is 10.1. The second-order valence-corrected chi connectivity index (χ2v) is 9.74. The molecule has 33 heavy (non-hydrogen) atoms. The van der Waals surface area contributed by atoms with E-state index in [4.69, 9.17) is 4.74 Å². The van der Waals surface area contributed by atoms with E-state index in [-0.39, 0.29) is 5.97 Å². The van der Waals surface area contributed by atoms with Crippen molar-refractivity contribution in [1.82, 2.24) is 0 Å². The summed E-state index contributed by atoms with van der Waals surface area (Å²) in [7, 11) is 0. The summed E-state index contributed by atoms with van der Waals surface area (Å²) in [6.45, 7) is 5.15. The number of rotatable bonds is 26. The predicted octanol–water partition coefficient (Wildman–Crippen LogP) is 10.7. The van der Waals surface area contributed by atoms with Gasteiger partial charge in [0.15, 0.2) is 0 Å². The summed E-state index contributed by atoms with van der Waals surface area (Å²) < 4.78 is 5.39. The Morgan fingerprint density at radius 1 is 0.515 bits per heavy atom. The Balaban J connectivity index is 3.24. The zero-order chi connectivity index (χ0) is 24.1. The number of ether oxygens (including phenoxy) is 1. The molecule has 0 saturated carbocycles. The minimum absolute atomic E-state index is 0.00719. The quantitative estimate of drug-likeness (QED) is 0.0725. The molecule has 2 nitrogen and oxygen atoms in total. The molecule has 0 aromatic carbocycles. The van der Waals surface area contributed by atoms with Gasteiger partial charge >= 0.3 is 5.97 Å². The fraction of sp³-hybridized carbons (Fsp3) is 0.839. The first-order valence-electron chi connectivity index (χ1n) is 14.8. The minimum atomic E-state index is 0.00719. The van der Waals surface area contributed by atoms with E-state index in [0.717, 1.165) is 25.7 Å². The highest BCUT2D eigenvalue weighted by Crippen LogP contribution is 2.12. The van der Waals surface area contributed by atoms with E-state index in [1.807, 2.05) is 0 Å². The Labute approximate surface area is 208 Å². The highest BCUT2D eigenvalue weighted by atomic mass is 16.5. The van der Waals surface area contributed by atoms with Gasteiger partial charge in [0.05, 0.1) is 6.61 Å². The first-order chi connectivity index (χ1) is 16.3. The Morgan fingerprint density at radius 3 is 1.52 bits per heavy atom. The van der Waals surface area contributed by atoms with Crippen LogP contribution in [0.15, 0.2) is 24.3 Å². The molecule has 0 rings (SSSR count). The van der Waals surface area contributed by atoms with E-state index in [1.165, 1.54) is 116 Å². The van der Waals surface area contributed by atoms with Crippen LogP contribution in [0.25, 0.3) is 0 Å². The first kappa shape index (κ1) is 31.9. The Bertz CT molecular complexity index is 438. The average molecular weight is 463 g/mol. The SMILES string of the molecule is CCCCC/C=C\C/C=C\CCCCCCCC(=O)OCCCCCCCCCCCCC.